The Morgan fingerprint density at radius 1 is 1.33 bits per heavy atom. The molecule has 1 atom stereocenters. The van der Waals surface area contributed by atoms with Gasteiger partial charge in [-0.25, -0.2) is 9.97 Å². The second-order valence-electron chi connectivity index (χ2n) is 3.04. The minimum Gasteiger partial charge on any atom is -0.448 e. The van der Waals surface area contributed by atoms with Crippen LogP contribution in [-0.4, -0.2) is 17.0 Å². The van der Waals surface area contributed by atoms with Gasteiger partial charge in [-0.3, -0.25) is 0 Å². The van der Waals surface area contributed by atoms with Crippen LogP contribution >= 0.6 is 11.6 Å². The Kier molecular flexibility index (Phi) is 2.99. The zero-order chi connectivity index (χ0) is 10.7. The number of nitrogens with zero attached hydrogens (tertiary/aromatic N) is 2. The molecule has 0 spiro atoms. The predicted octanol–water partition coefficient (Wildman–Crippen LogP) is 2.03. The second-order valence-corrected chi connectivity index (χ2v) is 3.41. The molecular formula is C10H10ClN3O. The van der Waals surface area contributed by atoms with Gasteiger partial charge in [0.15, 0.2) is 5.22 Å². The van der Waals surface area contributed by atoms with Crippen LogP contribution in [0, 0.1) is 0 Å². The first-order valence-electron chi connectivity index (χ1n) is 4.48. The van der Waals surface area contributed by atoms with Crippen molar-refractivity contribution in [2.24, 2.45) is 0 Å². The van der Waals surface area contributed by atoms with E-state index in [-0.39, 0.29) is 6.04 Å². The molecule has 15 heavy (non-hydrogen) atoms. The molecule has 2 rings (SSSR count). The maximum absolute atomic E-state index is 5.72. The quantitative estimate of drug-likeness (QED) is 0.865. The van der Waals surface area contributed by atoms with Gasteiger partial charge in [-0.1, -0.05) is 0 Å². The largest absolute Gasteiger partial charge is 0.448 e. The third kappa shape index (κ3) is 2.16. The van der Waals surface area contributed by atoms with Crippen molar-refractivity contribution in [1.82, 2.24) is 15.3 Å². The minimum atomic E-state index is -0.0706. The van der Waals surface area contributed by atoms with Gasteiger partial charge in [0, 0.05) is 18.0 Å². The highest BCUT2D eigenvalue weighted by Gasteiger charge is 2.15. The van der Waals surface area contributed by atoms with E-state index in [0.717, 1.165) is 11.3 Å². The fraction of sp³-hybridized carbons (Fsp3) is 0.200. The number of aromatic nitrogens is 2. The first kappa shape index (κ1) is 10.1. The molecule has 1 unspecified atom stereocenters. The molecule has 2 aromatic heterocycles. The van der Waals surface area contributed by atoms with Crippen molar-refractivity contribution in [2.75, 3.05) is 7.05 Å². The fourth-order valence-electron chi connectivity index (χ4n) is 1.42. The molecule has 0 aliphatic heterocycles. The molecule has 4 nitrogen and oxygen atoms in total. The molecule has 0 aliphatic rings. The van der Waals surface area contributed by atoms with Crippen LogP contribution in [0.1, 0.15) is 17.4 Å². The van der Waals surface area contributed by atoms with Gasteiger partial charge in [0.2, 0.25) is 0 Å². The maximum atomic E-state index is 5.72. The van der Waals surface area contributed by atoms with Crippen molar-refractivity contribution >= 4 is 11.6 Å². The molecule has 2 heterocycles. The van der Waals surface area contributed by atoms with Crippen molar-refractivity contribution in [3.8, 4) is 0 Å². The average molecular weight is 224 g/mol. The summed E-state index contributed by atoms with van der Waals surface area (Å²) in [5.41, 5.74) is 0.936. The first-order chi connectivity index (χ1) is 7.31. The topological polar surface area (TPSA) is 51.0 Å². The third-order valence-electron chi connectivity index (χ3n) is 2.08. The van der Waals surface area contributed by atoms with Crippen LogP contribution < -0.4 is 5.32 Å². The van der Waals surface area contributed by atoms with E-state index < -0.39 is 0 Å². The predicted molar refractivity (Wildman–Crippen MR) is 56.7 cm³/mol. The molecule has 0 bridgehead atoms. The van der Waals surface area contributed by atoms with E-state index >= 15 is 0 Å². The molecule has 0 aromatic carbocycles. The van der Waals surface area contributed by atoms with Crippen LogP contribution in [0.15, 0.2) is 35.3 Å². The van der Waals surface area contributed by atoms with Crippen molar-refractivity contribution in [3.63, 3.8) is 0 Å². The summed E-state index contributed by atoms with van der Waals surface area (Å²) in [5, 5.41) is 3.49. The van der Waals surface area contributed by atoms with E-state index in [0.29, 0.717) is 5.22 Å². The highest BCUT2D eigenvalue weighted by atomic mass is 35.5. The standard InChI is InChI=1S/C10H10ClN3O/c1-12-10(7-4-13-6-14-5-7)8-2-3-9(11)15-8/h2-6,10,12H,1H3. The summed E-state index contributed by atoms with van der Waals surface area (Å²) in [7, 11) is 1.84. The molecule has 0 saturated carbocycles. The normalized spacial score (nSPS) is 12.7. The van der Waals surface area contributed by atoms with Gasteiger partial charge in [-0.2, -0.15) is 0 Å². The van der Waals surface area contributed by atoms with Gasteiger partial charge in [-0.05, 0) is 30.8 Å². The van der Waals surface area contributed by atoms with Crippen molar-refractivity contribution < 1.29 is 4.42 Å². The van der Waals surface area contributed by atoms with Gasteiger partial charge in [-0.15, -0.1) is 0 Å². The lowest BCUT2D eigenvalue weighted by molar-refractivity contribution is 0.463. The Morgan fingerprint density at radius 2 is 2.07 bits per heavy atom. The highest BCUT2D eigenvalue weighted by molar-refractivity contribution is 6.28. The Labute approximate surface area is 92.3 Å². The van der Waals surface area contributed by atoms with E-state index in [9.17, 15) is 0 Å². The van der Waals surface area contributed by atoms with Crippen LogP contribution in [0.3, 0.4) is 0 Å². The lowest BCUT2D eigenvalue weighted by Crippen LogP contribution is -2.17. The van der Waals surface area contributed by atoms with Gasteiger partial charge < -0.3 is 9.73 Å². The molecule has 78 valence electrons. The van der Waals surface area contributed by atoms with Gasteiger partial charge in [0.25, 0.3) is 0 Å². The van der Waals surface area contributed by atoms with Gasteiger partial charge in [0.05, 0.1) is 6.04 Å². The number of nitrogens with one attached hydrogen (secondary N) is 1. The van der Waals surface area contributed by atoms with Crippen molar-refractivity contribution in [3.05, 3.63) is 47.4 Å². The summed E-state index contributed by atoms with van der Waals surface area (Å²) in [4.78, 5) is 7.92. The molecule has 0 fully saturated rings. The molecule has 0 aliphatic carbocycles. The Hall–Kier alpha value is -1.39. The molecule has 1 N–H and O–H groups in total. The minimum absolute atomic E-state index is 0.0706. The van der Waals surface area contributed by atoms with Crippen LogP contribution in [0.25, 0.3) is 0 Å². The number of hydrogen-bond acceptors (Lipinski definition) is 4. The van der Waals surface area contributed by atoms with E-state index in [1.165, 1.54) is 6.33 Å². The van der Waals surface area contributed by atoms with E-state index in [4.69, 9.17) is 16.0 Å². The molecule has 0 radical (unpaired) electrons. The fourth-order valence-corrected chi connectivity index (χ4v) is 1.57. The molecule has 2 aromatic rings. The summed E-state index contributed by atoms with van der Waals surface area (Å²) in [6.45, 7) is 0. The second kappa shape index (κ2) is 4.42. The third-order valence-corrected chi connectivity index (χ3v) is 2.28. The lowest BCUT2D eigenvalue weighted by Gasteiger charge is -2.12. The summed E-state index contributed by atoms with van der Waals surface area (Å²) >= 11 is 5.72. The maximum Gasteiger partial charge on any atom is 0.193 e. The van der Waals surface area contributed by atoms with Crippen molar-refractivity contribution in [1.29, 1.82) is 0 Å². The average Bonchev–Trinajstić information content (AvgIpc) is 2.68. The first-order valence-corrected chi connectivity index (χ1v) is 4.86. The zero-order valence-corrected chi connectivity index (χ0v) is 8.90. The Bertz CT molecular complexity index is 429. The Balaban J connectivity index is 2.33. The van der Waals surface area contributed by atoms with E-state index in [2.05, 4.69) is 15.3 Å². The van der Waals surface area contributed by atoms with Crippen LogP contribution in [0.2, 0.25) is 5.22 Å². The van der Waals surface area contributed by atoms with Crippen LogP contribution in [0.5, 0.6) is 0 Å². The van der Waals surface area contributed by atoms with Gasteiger partial charge >= 0.3 is 0 Å². The monoisotopic (exact) mass is 223 g/mol. The van der Waals surface area contributed by atoms with Gasteiger partial charge in [0.1, 0.15) is 12.1 Å². The summed E-state index contributed by atoms with van der Waals surface area (Å²) in [6, 6.07) is 3.47. The molecular weight excluding hydrogens is 214 g/mol. The summed E-state index contributed by atoms with van der Waals surface area (Å²) in [5.74, 6) is 0.748. The summed E-state index contributed by atoms with van der Waals surface area (Å²) in [6.07, 6.45) is 4.97. The molecule has 0 amide bonds. The number of furan rings is 1. The van der Waals surface area contributed by atoms with E-state index in [1.54, 1.807) is 18.5 Å². The lowest BCUT2D eigenvalue weighted by atomic mass is 10.1. The summed E-state index contributed by atoms with van der Waals surface area (Å²) < 4.78 is 5.34. The Morgan fingerprint density at radius 3 is 2.60 bits per heavy atom. The molecule has 0 saturated heterocycles. The highest BCUT2D eigenvalue weighted by Crippen LogP contribution is 2.24. The van der Waals surface area contributed by atoms with Crippen molar-refractivity contribution in [2.45, 2.75) is 6.04 Å². The zero-order valence-electron chi connectivity index (χ0n) is 8.14. The van der Waals surface area contributed by atoms with E-state index in [1.807, 2.05) is 13.1 Å². The smallest absolute Gasteiger partial charge is 0.193 e. The number of halogens is 1. The van der Waals surface area contributed by atoms with Crippen LogP contribution in [-0.2, 0) is 0 Å². The molecule has 5 heteroatoms. The number of rotatable bonds is 3. The SMILES string of the molecule is CNC(c1cncnc1)c1ccc(Cl)o1. The number of hydrogen-bond donors (Lipinski definition) is 1. The van der Waals surface area contributed by atoms with Crippen LogP contribution in [0.4, 0.5) is 0 Å².